The lowest BCUT2D eigenvalue weighted by molar-refractivity contribution is 0.0995. The molecule has 0 bridgehead atoms. The third-order valence-electron chi connectivity index (χ3n) is 3.84. The number of amides is 1. The second-order valence-electron chi connectivity index (χ2n) is 5.76. The number of nitrogens with one attached hydrogen (secondary N) is 1. The van der Waals surface area contributed by atoms with E-state index in [1.54, 1.807) is 24.3 Å². The highest BCUT2D eigenvalue weighted by Gasteiger charge is 2.22. The smallest absolute Gasteiger partial charge is 0.291 e. The maximum atomic E-state index is 12.6. The van der Waals surface area contributed by atoms with E-state index >= 15 is 0 Å². The minimum atomic E-state index is -3.57. The number of furan rings is 1. The molecule has 0 atom stereocenters. The second-order valence-corrected chi connectivity index (χ2v) is 9.00. The topological polar surface area (TPSA) is 76.4 Å². The van der Waals surface area contributed by atoms with Crippen LogP contribution in [0.25, 0.3) is 0 Å². The van der Waals surface area contributed by atoms with Crippen LogP contribution in [0.4, 0.5) is 5.69 Å². The molecule has 0 saturated carbocycles. The van der Waals surface area contributed by atoms with Crippen LogP contribution in [0.3, 0.4) is 0 Å². The van der Waals surface area contributed by atoms with Crippen molar-refractivity contribution in [3.8, 4) is 0 Å². The Morgan fingerprint density at radius 2 is 1.85 bits per heavy atom. The number of carbonyl (C=O) groups excluding carboxylic acids is 1. The third-order valence-corrected chi connectivity index (χ3v) is 6.19. The molecule has 3 aromatic rings. The minimum absolute atomic E-state index is 0.00227. The zero-order valence-electron chi connectivity index (χ0n) is 13.9. The van der Waals surface area contributed by atoms with E-state index in [0.717, 1.165) is 9.13 Å². The molecule has 0 fully saturated rings. The summed E-state index contributed by atoms with van der Waals surface area (Å²) in [5, 5.41) is 2.77. The first kappa shape index (κ1) is 18.7. The van der Waals surface area contributed by atoms with E-state index in [4.69, 9.17) is 4.42 Å². The highest BCUT2D eigenvalue weighted by atomic mass is 127. The van der Waals surface area contributed by atoms with Gasteiger partial charge in [-0.25, -0.2) is 8.42 Å². The number of sulfone groups is 1. The zero-order chi connectivity index (χ0) is 18.7. The Morgan fingerprint density at radius 1 is 1.12 bits per heavy atom. The SMILES string of the molecule is Cc1cc(I)ccc1NC(=O)c1occc1CS(=O)(=O)c1ccccc1. The fourth-order valence-electron chi connectivity index (χ4n) is 2.51. The van der Waals surface area contributed by atoms with Crippen LogP contribution in [-0.2, 0) is 15.6 Å². The molecule has 0 aliphatic rings. The van der Waals surface area contributed by atoms with Gasteiger partial charge >= 0.3 is 0 Å². The van der Waals surface area contributed by atoms with Crippen LogP contribution < -0.4 is 5.32 Å². The first-order chi connectivity index (χ1) is 12.4. The maximum Gasteiger partial charge on any atom is 0.291 e. The number of hydrogen-bond donors (Lipinski definition) is 1. The van der Waals surface area contributed by atoms with Gasteiger partial charge in [-0.2, -0.15) is 0 Å². The van der Waals surface area contributed by atoms with E-state index in [-0.39, 0.29) is 16.4 Å². The van der Waals surface area contributed by atoms with Crippen molar-refractivity contribution in [2.75, 3.05) is 5.32 Å². The van der Waals surface area contributed by atoms with Gasteiger partial charge in [-0.15, -0.1) is 0 Å². The Kier molecular flexibility index (Phi) is 5.47. The number of benzene rings is 2. The molecule has 0 radical (unpaired) electrons. The lowest BCUT2D eigenvalue weighted by Crippen LogP contribution is -2.15. The first-order valence-corrected chi connectivity index (χ1v) is 10.5. The highest BCUT2D eigenvalue weighted by molar-refractivity contribution is 14.1. The Morgan fingerprint density at radius 3 is 2.54 bits per heavy atom. The molecule has 1 heterocycles. The van der Waals surface area contributed by atoms with Crippen LogP contribution in [0.2, 0.25) is 0 Å². The molecule has 5 nitrogen and oxygen atoms in total. The zero-order valence-corrected chi connectivity index (χ0v) is 16.9. The van der Waals surface area contributed by atoms with Gasteiger partial charge in [0.25, 0.3) is 5.91 Å². The monoisotopic (exact) mass is 481 g/mol. The summed E-state index contributed by atoms with van der Waals surface area (Å²) in [6, 6.07) is 15.3. The predicted molar refractivity (Wildman–Crippen MR) is 108 cm³/mol. The summed E-state index contributed by atoms with van der Waals surface area (Å²) in [5.74, 6) is -0.776. The van der Waals surface area contributed by atoms with E-state index in [0.29, 0.717) is 11.3 Å². The van der Waals surface area contributed by atoms with Gasteiger partial charge in [0, 0.05) is 14.8 Å². The van der Waals surface area contributed by atoms with Gasteiger partial charge < -0.3 is 9.73 Å². The van der Waals surface area contributed by atoms with E-state index in [1.807, 2.05) is 19.1 Å². The van der Waals surface area contributed by atoms with E-state index in [1.165, 1.54) is 24.5 Å². The van der Waals surface area contributed by atoms with Crippen LogP contribution in [-0.4, -0.2) is 14.3 Å². The molecule has 7 heteroatoms. The molecular formula is C19H16INO4S. The van der Waals surface area contributed by atoms with Crippen molar-refractivity contribution >= 4 is 44.0 Å². The standard InChI is InChI=1S/C19H16INO4S/c1-13-11-15(20)7-8-17(13)21-19(22)18-14(9-10-25-18)12-26(23,24)16-5-3-2-4-6-16/h2-11H,12H2,1H3,(H,21,22). The molecule has 0 unspecified atom stereocenters. The Bertz CT molecular complexity index is 1040. The summed E-state index contributed by atoms with van der Waals surface area (Å²) in [6.07, 6.45) is 1.32. The van der Waals surface area contributed by atoms with Crippen LogP contribution in [0.5, 0.6) is 0 Å². The summed E-state index contributed by atoms with van der Waals surface area (Å²) in [7, 11) is -3.57. The molecule has 0 aliphatic carbocycles. The van der Waals surface area contributed by atoms with Crippen molar-refractivity contribution in [1.82, 2.24) is 0 Å². The van der Waals surface area contributed by atoms with Gasteiger partial charge in [0.1, 0.15) is 0 Å². The molecule has 26 heavy (non-hydrogen) atoms. The summed E-state index contributed by atoms with van der Waals surface area (Å²) < 4.78 is 31.4. The Labute approximate surface area is 165 Å². The average molecular weight is 481 g/mol. The van der Waals surface area contributed by atoms with Gasteiger partial charge in [0.15, 0.2) is 15.6 Å². The van der Waals surface area contributed by atoms with Crippen molar-refractivity contribution in [3.63, 3.8) is 0 Å². The van der Waals surface area contributed by atoms with Crippen LogP contribution >= 0.6 is 22.6 Å². The van der Waals surface area contributed by atoms with Gasteiger partial charge in [-0.1, -0.05) is 18.2 Å². The van der Waals surface area contributed by atoms with Crippen LogP contribution in [0.1, 0.15) is 21.7 Å². The highest BCUT2D eigenvalue weighted by Crippen LogP contribution is 2.22. The summed E-state index contributed by atoms with van der Waals surface area (Å²) in [4.78, 5) is 12.8. The molecule has 134 valence electrons. The number of aryl methyl sites for hydroxylation is 1. The van der Waals surface area contributed by atoms with E-state index in [9.17, 15) is 13.2 Å². The van der Waals surface area contributed by atoms with Gasteiger partial charge in [-0.05, 0) is 71.5 Å². The first-order valence-electron chi connectivity index (χ1n) is 7.78. The number of rotatable bonds is 5. The lowest BCUT2D eigenvalue weighted by Gasteiger charge is -2.09. The third kappa shape index (κ3) is 4.16. The Balaban J connectivity index is 1.83. The minimum Gasteiger partial charge on any atom is -0.459 e. The van der Waals surface area contributed by atoms with Crippen molar-refractivity contribution in [3.05, 3.63) is 81.3 Å². The molecule has 2 aromatic carbocycles. The molecule has 1 N–H and O–H groups in total. The maximum absolute atomic E-state index is 12.6. The molecular weight excluding hydrogens is 465 g/mol. The van der Waals surface area contributed by atoms with Crippen LogP contribution in [0.15, 0.2) is 70.2 Å². The van der Waals surface area contributed by atoms with Crippen molar-refractivity contribution in [2.45, 2.75) is 17.6 Å². The van der Waals surface area contributed by atoms with Crippen LogP contribution in [0, 0.1) is 10.5 Å². The van der Waals surface area contributed by atoms with Gasteiger partial charge in [0.05, 0.1) is 16.9 Å². The van der Waals surface area contributed by atoms with Crippen molar-refractivity contribution < 1.29 is 17.6 Å². The summed E-state index contributed by atoms with van der Waals surface area (Å²) >= 11 is 2.19. The predicted octanol–water partition coefficient (Wildman–Crippen LogP) is 4.42. The quantitative estimate of drug-likeness (QED) is 0.548. The fourth-order valence-corrected chi connectivity index (χ4v) is 4.53. The molecule has 0 spiro atoms. The molecule has 1 amide bonds. The fraction of sp³-hybridized carbons (Fsp3) is 0.105. The number of halogens is 1. The second kappa shape index (κ2) is 7.63. The number of hydrogen-bond acceptors (Lipinski definition) is 4. The van der Waals surface area contributed by atoms with Gasteiger partial charge in [0.2, 0.25) is 0 Å². The van der Waals surface area contributed by atoms with E-state index < -0.39 is 15.7 Å². The number of carbonyl (C=O) groups is 1. The lowest BCUT2D eigenvalue weighted by atomic mass is 10.2. The Hall–Kier alpha value is -2.13. The van der Waals surface area contributed by atoms with Crippen molar-refractivity contribution in [2.24, 2.45) is 0 Å². The molecule has 3 rings (SSSR count). The summed E-state index contributed by atoms with van der Waals surface area (Å²) in [5.41, 5.74) is 1.90. The van der Waals surface area contributed by atoms with Gasteiger partial charge in [-0.3, -0.25) is 4.79 Å². The molecule has 0 aliphatic heterocycles. The molecule has 0 saturated heterocycles. The number of anilines is 1. The van der Waals surface area contributed by atoms with E-state index in [2.05, 4.69) is 27.9 Å². The normalized spacial score (nSPS) is 11.3. The largest absolute Gasteiger partial charge is 0.459 e. The van der Waals surface area contributed by atoms with Crippen molar-refractivity contribution in [1.29, 1.82) is 0 Å². The molecule has 1 aromatic heterocycles. The average Bonchev–Trinajstić information content (AvgIpc) is 3.05. The summed E-state index contributed by atoms with van der Waals surface area (Å²) in [6.45, 7) is 1.89.